The van der Waals surface area contributed by atoms with Crippen molar-refractivity contribution in [2.45, 2.75) is 32.6 Å². The zero-order chi connectivity index (χ0) is 12.1. The van der Waals surface area contributed by atoms with Crippen molar-refractivity contribution in [1.82, 2.24) is 0 Å². The van der Waals surface area contributed by atoms with E-state index in [-0.39, 0.29) is 5.57 Å². The lowest BCUT2D eigenvalue weighted by Gasteiger charge is -2.06. The summed E-state index contributed by atoms with van der Waals surface area (Å²) in [6.07, 6.45) is 1.25. The fraction of sp³-hybridized carbons (Fsp3) is 0.357. The van der Waals surface area contributed by atoms with Crippen molar-refractivity contribution in [2.75, 3.05) is 0 Å². The Balaban J connectivity index is 2.56. The molecule has 16 heavy (non-hydrogen) atoms. The van der Waals surface area contributed by atoms with E-state index in [2.05, 4.69) is 44.7 Å². The van der Waals surface area contributed by atoms with Gasteiger partial charge in [0.2, 0.25) is 0 Å². The molecule has 1 aromatic carbocycles. The monoisotopic (exact) mass is 218 g/mol. The molecule has 0 amide bonds. The number of hydrogen-bond acceptors (Lipinski definition) is 1. The second-order valence-electron chi connectivity index (χ2n) is 4.30. The van der Waals surface area contributed by atoms with Gasteiger partial charge >= 0.3 is 5.97 Å². The first-order chi connectivity index (χ1) is 7.50. The molecule has 0 aromatic heterocycles. The van der Waals surface area contributed by atoms with Crippen molar-refractivity contribution in [2.24, 2.45) is 0 Å². The van der Waals surface area contributed by atoms with Crippen LogP contribution in [0.5, 0.6) is 0 Å². The van der Waals surface area contributed by atoms with Crippen LogP contribution in [0.25, 0.3) is 0 Å². The van der Waals surface area contributed by atoms with E-state index < -0.39 is 5.97 Å². The number of rotatable bonds is 5. The van der Waals surface area contributed by atoms with Gasteiger partial charge in [-0.15, -0.1) is 0 Å². The minimum Gasteiger partial charge on any atom is -0.478 e. The van der Waals surface area contributed by atoms with Crippen LogP contribution in [0.15, 0.2) is 36.4 Å². The fourth-order valence-electron chi connectivity index (χ4n) is 1.47. The topological polar surface area (TPSA) is 37.3 Å². The molecule has 0 saturated heterocycles. The summed E-state index contributed by atoms with van der Waals surface area (Å²) in [6, 6.07) is 8.32. The largest absolute Gasteiger partial charge is 0.478 e. The molecule has 2 nitrogen and oxygen atoms in total. The zero-order valence-electron chi connectivity index (χ0n) is 9.86. The van der Waals surface area contributed by atoms with E-state index >= 15 is 0 Å². The molecule has 0 fully saturated rings. The van der Waals surface area contributed by atoms with Crippen LogP contribution in [0.4, 0.5) is 0 Å². The SMILES string of the molecule is C=C(CCc1ccc(C(C)C)cc1)C(=O)O. The van der Waals surface area contributed by atoms with Crippen LogP contribution >= 0.6 is 0 Å². The maximum absolute atomic E-state index is 10.6. The Bertz CT molecular complexity index is 374. The van der Waals surface area contributed by atoms with Gasteiger partial charge in [0.05, 0.1) is 0 Å². The zero-order valence-corrected chi connectivity index (χ0v) is 9.86. The maximum atomic E-state index is 10.6. The lowest BCUT2D eigenvalue weighted by molar-refractivity contribution is -0.132. The van der Waals surface area contributed by atoms with Gasteiger partial charge in [0.1, 0.15) is 0 Å². The third-order valence-corrected chi connectivity index (χ3v) is 2.66. The van der Waals surface area contributed by atoms with Crippen molar-refractivity contribution in [3.63, 3.8) is 0 Å². The number of aryl methyl sites for hydroxylation is 1. The van der Waals surface area contributed by atoms with Gasteiger partial charge in [0, 0.05) is 5.57 Å². The lowest BCUT2D eigenvalue weighted by Crippen LogP contribution is -2.00. The normalized spacial score (nSPS) is 10.4. The molecular weight excluding hydrogens is 200 g/mol. The molecule has 1 aromatic rings. The number of carbonyl (C=O) groups is 1. The molecule has 1 N–H and O–H groups in total. The summed E-state index contributed by atoms with van der Waals surface area (Å²) in [5.74, 6) is -0.373. The Morgan fingerprint density at radius 1 is 1.31 bits per heavy atom. The molecule has 0 saturated carbocycles. The number of benzene rings is 1. The van der Waals surface area contributed by atoms with Gasteiger partial charge in [-0.05, 0) is 29.9 Å². The standard InChI is InChI=1S/C14H18O2/c1-10(2)13-8-6-12(7-9-13)5-4-11(3)14(15)16/h6-10H,3-5H2,1-2H3,(H,15,16). The summed E-state index contributed by atoms with van der Waals surface area (Å²) >= 11 is 0. The third-order valence-electron chi connectivity index (χ3n) is 2.66. The van der Waals surface area contributed by atoms with Gasteiger partial charge in [-0.2, -0.15) is 0 Å². The molecule has 2 heteroatoms. The highest BCUT2D eigenvalue weighted by molar-refractivity contribution is 5.85. The van der Waals surface area contributed by atoms with Crippen LogP contribution in [0.3, 0.4) is 0 Å². The van der Waals surface area contributed by atoms with Crippen molar-refractivity contribution in [3.05, 3.63) is 47.5 Å². The molecule has 0 radical (unpaired) electrons. The maximum Gasteiger partial charge on any atom is 0.330 e. The molecular formula is C14H18O2. The molecule has 0 aliphatic rings. The Morgan fingerprint density at radius 3 is 2.31 bits per heavy atom. The van der Waals surface area contributed by atoms with E-state index in [0.29, 0.717) is 12.3 Å². The summed E-state index contributed by atoms with van der Waals surface area (Å²) < 4.78 is 0. The predicted octanol–water partition coefficient (Wildman–Crippen LogP) is 3.38. The summed E-state index contributed by atoms with van der Waals surface area (Å²) in [7, 11) is 0. The van der Waals surface area contributed by atoms with E-state index in [1.807, 2.05) is 0 Å². The molecule has 0 aliphatic carbocycles. The molecule has 0 atom stereocenters. The van der Waals surface area contributed by atoms with Gasteiger partial charge in [-0.3, -0.25) is 0 Å². The molecule has 0 spiro atoms. The highest BCUT2D eigenvalue weighted by Gasteiger charge is 2.04. The van der Waals surface area contributed by atoms with Crippen LogP contribution in [0.2, 0.25) is 0 Å². The van der Waals surface area contributed by atoms with Crippen molar-refractivity contribution >= 4 is 5.97 Å². The number of carboxylic acids is 1. The summed E-state index contributed by atoms with van der Waals surface area (Å²) in [5, 5.41) is 8.68. The van der Waals surface area contributed by atoms with Crippen molar-refractivity contribution < 1.29 is 9.90 Å². The summed E-state index contributed by atoms with van der Waals surface area (Å²) in [4.78, 5) is 10.6. The average molecular weight is 218 g/mol. The molecule has 0 bridgehead atoms. The van der Waals surface area contributed by atoms with Gasteiger partial charge in [0.25, 0.3) is 0 Å². The van der Waals surface area contributed by atoms with Crippen molar-refractivity contribution in [1.29, 1.82) is 0 Å². The molecule has 86 valence electrons. The smallest absolute Gasteiger partial charge is 0.330 e. The van der Waals surface area contributed by atoms with Gasteiger partial charge in [-0.1, -0.05) is 44.7 Å². The second-order valence-corrected chi connectivity index (χ2v) is 4.30. The van der Waals surface area contributed by atoms with Gasteiger partial charge in [-0.25, -0.2) is 4.79 Å². The fourth-order valence-corrected chi connectivity index (χ4v) is 1.47. The second kappa shape index (κ2) is 5.50. The minimum absolute atomic E-state index is 0.271. The summed E-state index contributed by atoms with van der Waals surface area (Å²) in [6.45, 7) is 7.82. The van der Waals surface area contributed by atoms with Crippen LogP contribution in [0.1, 0.15) is 37.3 Å². The number of hydrogen-bond donors (Lipinski definition) is 1. The Labute approximate surface area is 96.6 Å². The van der Waals surface area contributed by atoms with Crippen molar-refractivity contribution in [3.8, 4) is 0 Å². The number of carboxylic acid groups (broad SMARTS) is 1. The highest BCUT2D eigenvalue weighted by Crippen LogP contribution is 2.16. The van der Waals surface area contributed by atoms with E-state index in [0.717, 1.165) is 12.0 Å². The molecule has 0 heterocycles. The minimum atomic E-state index is -0.904. The molecule has 1 rings (SSSR count). The highest BCUT2D eigenvalue weighted by atomic mass is 16.4. The van der Waals surface area contributed by atoms with E-state index in [1.165, 1.54) is 5.56 Å². The Morgan fingerprint density at radius 2 is 1.88 bits per heavy atom. The van der Waals surface area contributed by atoms with Gasteiger partial charge < -0.3 is 5.11 Å². The molecule has 0 unspecified atom stereocenters. The van der Waals surface area contributed by atoms with Crippen LogP contribution < -0.4 is 0 Å². The van der Waals surface area contributed by atoms with Crippen LogP contribution in [0, 0.1) is 0 Å². The Hall–Kier alpha value is -1.57. The van der Waals surface area contributed by atoms with E-state index in [1.54, 1.807) is 0 Å². The van der Waals surface area contributed by atoms with Crippen LogP contribution in [-0.4, -0.2) is 11.1 Å². The van der Waals surface area contributed by atoms with Crippen LogP contribution in [-0.2, 0) is 11.2 Å². The van der Waals surface area contributed by atoms with E-state index in [4.69, 9.17) is 5.11 Å². The quantitative estimate of drug-likeness (QED) is 0.769. The first-order valence-corrected chi connectivity index (χ1v) is 5.50. The lowest BCUT2D eigenvalue weighted by atomic mass is 9.99. The van der Waals surface area contributed by atoms with Gasteiger partial charge in [0.15, 0.2) is 0 Å². The first-order valence-electron chi connectivity index (χ1n) is 5.50. The first kappa shape index (κ1) is 12.5. The summed E-state index contributed by atoms with van der Waals surface area (Å²) in [5.41, 5.74) is 2.74. The average Bonchev–Trinajstić information content (AvgIpc) is 2.26. The third kappa shape index (κ3) is 3.54. The van der Waals surface area contributed by atoms with E-state index in [9.17, 15) is 4.79 Å². The Kier molecular flexibility index (Phi) is 4.29. The number of aliphatic carboxylic acids is 1. The predicted molar refractivity (Wildman–Crippen MR) is 65.6 cm³/mol. The molecule has 0 aliphatic heterocycles.